The molecule has 1 saturated heterocycles. The number of anilines is 1. The number of hydrogen-bond donors (Lipinski definition) is 0. The largest absolute Gasteiger partial charge is 0.484 e. The van der Waals surface area contributed by atoms with Crippen molar-refractivity contribution in [2.24, 2.45) is 0 Å². The van der Waals surface area contributed by atoms with Crippen LogP contribution in [-0.4, -0.2) is 53.6 Å². The summed E-state index contributed by atoms with van der Waals surface area (Å²) in [6.07, 6.45) is 4.38. The van der Waals surface area contributed by atoms with Gasteiger partial charge in [0.15, 0.2) is 6.61 Å². The van der Waals surface area contributed by atoms with Crippen molar-refractivity contribution in [3.05, 3.63) is 48.8 Å². The van der Waals surface area contributed by atoms with Crippen molar-refractivity contribution in [3.8, 4) is 5.75 Å². The van der Waals surface area contributed by atoms with E-state index in [4.69, 9.17) is 4.74 Å². The SMILES string of the molecule is O=C(COc1ccccc1)N1CCCN(c2ncccn2)CC1. The Hall–Kier alpha value is -2.63. The van der Waals surface area contributed by atoms with Crippen molar-refractivity contribution in [3.63, 3.8) is 0 Å². The van der Waals surface area contributed by atoms with Crippen molar-refractivity contribution in [1.29, 1.82) is 0 Å². The molecule has 0 N–H and O–H groups in total. The van der Waals surface area contributed by atoms with Crippen LogP contribution >= 0.6 is 0 Å². The van der Waals surface area contributed by atoms with E-state index in [0.717, 1.165) is 37.8 Å². The van der Waals surface area contributed by atoms with Crippen LogP contribution in [0.15, 0.2) is 48.8 Å². The van der Waals surface area contributed by atoms with E-state index in [9.17, 15) is 4.79 Å². The van der Waals surface area contributed by atoms with Gasteiger partial charge in [0.05, 0.1) is 0 Å². The van der Waals surface area contributed by atoms with E-state index in [2.05, 4.69) is 14.9 Å². The molecule has 1 aromatic heterocycles. The molecule has 6 heteroatoms. The smallest absolute Gasteiger partial charge is 0.260 e. The topological polar surface area (TPSA) is 58.6 Å². The third-order valence-corrected chi connectivity index (χ3v) is 3.79. The lowest BCUT2D eigenvalue weighted by molar-refractivity contribution is -0.133. The molecule has 23 heavy (non-hydrogen) atoms. The van der Waals surface area contributed by atoms with Crippen LogP contribution < -0.4 is 9.64 Å². The molecule has 3 rings (SSSR count). The number of rotatable bonds is 4. The number of amides is 1. The van der Waals surface area contributed by atoms with E-state index in [-0.39, 0.29) is 12.5 Å². The van der Waals surface area contributed by atoms with E-state index in [1.165, 1.54) is 0 Å². The molecule has 1 aromatic carbocycles. The fraction of sp³-hybridized carbons (Fsp3) is 0.353. The zero-order valence-electron chi connectivity index (χ0n) is 13.0. The van der Waals surface area contributed by atoms with Crippen molar-refractivity contribution >= 4 is 11.9 Å². The van der Waals surface area contributed by atoms with Gasteiger partial charge in [0.25, 0.3) is 5.91 Å². The molecule has 0 bridgehead atoms. The third kappa shape index (κ3) is 4.18. The lowest BCUT2D eigenvalue weighted by Gasteiger charge is -2.22. The van der Waals surface area contributed by atoms with Gasteiger partial charge >= 0.3 is 0 Å². The number of ether oxygens (including phenoxy) is 1. The Balaban J connectivity index is 1.52. The van der Waals surface area contributed by atoms with Gasteiger partial charge in [0.1, 0.15) is 5.75 Å². The van der Waals surface area contributed by atoms with Crippen LogP contribution in [0, 0.1) is 0 Å². The lowest BCUT2D eigenvalue weighted by Crippen LogP contribution is -2.38. The molecular formula is C17H20N4O2. The van der Waals surface area contributed by atoms with E-state index < -0.39 is 0 Å². The first kappa shape index (κ1) is 15.3. The second-order valence-electron chi connectivity index (χ2n) is 5.37. The summed E-state index contributed by atoms with van der Waals surface area (Å²) in [5.41, 5.74) is 0. The molecule has 2 aromatic rings. The molecule has 0 aliphatic carbocycles. The van der Waals surface area contributed by atoms with Crippen molar-refractivity contribution < 1.29 is 9.53 Å². The highest BCUT2D eigenvalue weighted by Crippen LogP contribution is 2.12. The number of carbonyl (C=O) groups is 1. The summed E-state index contributed by atoms with van der Waals surface area (Å²) in [6.45, 7) is 3.07. The minimum Gasteiger partial charge on any atom is -0.484 e. The van der Waals surface area contributed by atoms with Gasteiger partial charge in [-0.15, -0.1) is 0 Å². The molecule has 1 aliphatic rings. The van der Waals surface area contributed by atoms with Crippen LogP contribution in [0.5, 0.6) is 5.75 Å². The number of nitrogens with zero attached hydrogens (tertiary/aromatic N) is 4. The molecule has 6 nitrogen and oxygen atoms in total. The Morgan fingerprint density at radius 2 is 1.78 bits per heavy atom. The second kappa shape index (κ2) is 7.58. The number of aromatic nitrogens is 2. The van der Waals surface area contributed by atoms with Crippen molar-refractivity contribution in [1.82, 2.24) is 14.9 Å². The predicted molar refractivity (Wildman–Crippen MR) is 87.4 cm³/mol. The first-order chi connectivity index (χ1) is 11.3. The fourth-order valence-corrected chi connectivity index (χ4v) is 2.57. The first-order valence-corrected chi connectivity index (χ1v) is 7.80. The Labute approximate surface area is 135 Å². The van der Waals surface area contributed by atoms with E-state index in [0.29, 0.717) is 6.54 Å². The van der Waals surface area contributed by atoms with Gasteiger partial charge in [-0.1, -0.05) is 18.2 Å². The molecule has 0 atom stereocenters. The highest BCUT2D eigenvalue weighted by atomic mass is 16.5. The summed E-state index contributed by atoms with van der Waals surface area (Å²) in [5, 5.41) is 0. The van der Waals surface area contributed by atoms with E-state index in [1.807, 2.05) is 35.2 Å². The number of hydrogen-bond acceptors (Lipinski definition) is 5. The van der Waals surface area contributed by atoms with Gasteiger partial charge in [-0.3, -0.25) is 4.79 Å². The first-order valence-electron chi connectivity index (χ1n) is 7.80. The molecule has 0 spiro atoms. The molecule has 0 radical (unpaired) electrons. The zero-order chi connectivity index (χ0) is 15.9. The summed E-state index contributed by atoms with van der Waals surface area (Å²) in [7, 11) is 0. The normalized spacial score (nSPS) is 15.1. The zero-order valence-corrected chi connectivity index (χ0v) is 13.0. The highest BCUT2D eigenvalue weighted by molar-refractivity contribution is 5.77. The van der Waals surface area contributed by atoms with E-state index >= 15 is 0 Å². The Kier molecular flexibility index (Phi) is 5.03. The number of benzene rings is 1. The molecule has 120 valence electrons. The van der Waals surface area contributed by atoms with Gasteiger partial charge in [0, 0.05) is 38.6 Å². The van der Waals surface area contributed by atoms with Crippen LogP contribution in [0.4, 0.5) is 5.95 Å². The maximum absolute atomic E-state index is 12.3. The van der Waals surface area contributed by atoms with Gasteiger partial charge in [-0.25, -0.2) is 9.97 Å². The van der Waals surface area contributed by atoms with Gasteiger partial charge in [0.2, 0.25) is 5.95 Å². The van der Waals surface area contributed by atoms with Crippen LogP contribution in [0.25, 0.3) is 0 Å². The molecule has 1 amide bonds. The second-order valence-corrected chi connectivity index (χ2v) is 5.37. The maximum atomic E-state index is 12.3. The molecule has 2 heterocycles. The van der Waals surface area contributed by atoms with Crippen molar-refractivity contribution in [2.75, 3.05) is 37.7 Å². The average Bonchev–Trinajstić information content (AvgIpc) is 2.87. The Morgan fingerprint density at radius 1 is 1.00 bits per heavy atom. The van der Waals surface area contributed by atoms with Crippen LogP contribution in [-0.2, 0) is 4.79 Å². The van der Waals surface area contributed by atoms with Crippen LogP contribution in [0.2, 0.25) is 0 Å². The van der Waals surface area contributed by atoms with Gasteiger partial charge < -0.3 is 14.5 Å². The van der Waals surface area contributed by atoms with Gasteiger partial charge in [-0.2, -0.15) is 0 Å². The minimum atomic E-state index is 0.0182. The van der Waals surface area contributed by atoms with Crippen LogP contribution in [0.3, 0.4) is 0 Å². The standard InChI is InChI=1S/C17H20N4O2/c22-16(14-23-15-6-2-1-3-7-15)20-10-5-11-21(13-12-20)17-18-8-4-9-19-17/h1-4,6-9H,5,10-14H2. The van der Waals surface area contributed by atoms with Gasteiger partial charge in [-0.05, 0) is 24.6 Å². The average molecular weight is 312 g/mol. The quantitative estimate of drug-likeness (QED) is 0.858. The maximum Gasteiger partial charge on any atom is 0.260 e. The Morgan fingerprint density at radius 3 is 2.57 bits per heavy atom. The lowest BCUT2D eigenvalue weighted by atomic mass is 10.3. The molecule has 1 aliphatic heterocycles. The molecular weight excluding hydrogens is 292 g/mol. The summed E-state index contributed by atoms with van der Waals surface area (Å²) in [5.74, 6) is 1.46. The minimum absolute atomic E-state index is 0.0182. The highest BCUT2D eigenvalue weighted by Gasteiger charge is 2.20. The Bertz CT molecular complexity index is 621. The van der Waals surface area contributed by atoms with Crippen molar-refractivity contribution in [2.45, 2.75) is 6.42 Å². The molecule has 1 fully saturated rings. The summed E-state index contributed by atoms with van der Waals surface area (Å²) in [4.78, 5) is 24.8. The monoisotopic (exact) mass is 312 g/mol. The fourth-order valence-electron chi connectivity index (χ4n) is 2.57. The number of carbonyl (C=O) groups excluding carboxylic acids is 1. The molecule has 0 saturated carbocycles. The van der Waals surface area contributed by atoms with E-state index in [1.54, 1.807) is 18.5 Å². The number of para-hydroxylation sites is 1. The van der Waals surface area contributed by atoms with Crippen LogP contribution in [0.1, 0.15) is 6.42 Å². The summed E-state index contributed by atoms with van der Waals surface area (Å²) >= 11 is 0. The summed E-state index contributed by atoms with van der Waals surface area (Å²) in [6, 6.07) is 11.2. The molecule has 0 unspecified atom stereocenters. The summed E-state index contributed by atoms with van der Waals surface area (Å²) < 4.78 is 5.54. The predicted octanol–water partition coefficient (Wildman–Crippen LogP) is 1.59. The third-order valence-electron chi connectivity index (χ3n) is 3.79.